The van der Waals surface area contributed by atoms with Crippen molar-refractivity contribution in [3.63, 3.8) is 0 Å². The SMILES string of the molecule is Cc1nc(N2CCC[C@@H]2C(=O)O)c(Cl)cc1C#N. The molecule has 2 rings (SSSR count). The Morgan fingerprint density at radius 3 is 3.06 bits per heavy atom. The average Bonchev–Trinajstić information content (AvgIpc) is 2.80. The molecule has 0 saturated carbocycles. The summed E-state index contributed by atoms with van der Waals surface area (Å²) in [5, 5.41) is 18.3. The maximum absolute atomic E-state index is 11.1. The van der Waals surface area contributed by atoms with Crippen molar-refractivity contribution in [2.24, 2.45) is 0 Å². The predicted molar refractivity (Wildman–Crippen MR) is 66.7 cm³/mol. The van der Waals surface area contributed by atoms with E-state index in [4.69, 9.17) is 22.0 Å². The summed E-state index contributed by atoms with van der Waals surface area (Å²) < 4.78 is 0. The first-order valence-corrected chi connectivity index (χ1v) is 5.99. The highest BCUT2D eigenvalue weighted by Crippen LogP contribution is 2.31. The van der Waals surface area contributed by atoms with E-state index in [9.17, 15) is 4.79 Å². The second kappa shape index (κ2) is 4.83. The fourth-order valence-electron chi connectivity index (χ4n) is 2.16. The zero-order valence-corrected chi connectivity index (χ0v) is 10.6. The second-order valence-electron chi connectivity index (χ2n) is 4.23. The molecule has 0 unspecified atom stereocenters. The zero-order chi connectivity index (χ0) is 13.3. The van der Waals surface area contributed by atoms with Crippen LogP contribution < -0.4 is 4.90 Å². The van der Waals surface area contributed by atoms with Crippen molar-refractivity contribution >= 4 is 23.4 Å². The maximum atomic E-state index is 11.1. The highest BCUT2D eigenvalue weighted by atomic mass is 35.5. The Labute approximate surface area is 110 Å². The Balaban J connectivity index is 2.43. The fraction of sp³-hybridized carbons (Fsp3) is 0.417. The number of carbonyl (C=O) groups is 1. The molecule has 1 aromatic heterocycles. The van der Waals surface area contributed by atoms with Gasteiger partial charge in [0.25, 0.3) is 0 Å². The first-order chi connectivity index (χ1) is 8.54. The predicted octanol–water partition coefficient (Wildman–Crippen LogP) is 1.97. The molecule has 94 valence electrons. The Hall–Kier alpha value is -1.80. The molecule has 1 N–H and O–H groups in total. The summed E-state index contributed by atoms with van der Waals surface area (Å²) >= 11 is 6.08. The van der Waals surface area contributed by atoms with Crippen LogP contribution in [0.3, 0.4) is 0 Å². The van der Waals surface area contributed by atoms with E-state index in [0.717, 1.165) is 6.42 Å². The summed E-state index contributed by atoms with van der Waals surface area (Å²) in [6.45, 7) is 2.33. The monoisotopic (exact) mass is 265 g/mol. The van der Waals surface area contributed by atoms with Crippen molar-refractivity contribution in [2.45, 2.75) is 25.8 Å². The van der Waals surface area contributed by atoms with E-state index < -0.39 is 12.0 Å². The molecule has 18 heavy (non-hydrogen) atoms. The number of rotatable bonds is 2. The van der Waals surface area contributed by atoms with Crippen molar-refractivity contribution in [2.75, 3.05) is 11.4 Å². The molecule has 0 aliphatic carbocycles. The standard InChI is InChI=1S/C12H12ClN3O2/c1-7-8(6-14)5-9(13)11(15-7)16-4-2-3-10(16)12(17)18/h5,10H,2-4H2,1H3,(H,17,18)/t10-/m1/s1. The largest absolute Gasteiger partial charge is 0.480 e. The van der Waals surface area contributed by atoms with Crippen molar-refractivity contribution in [3.05, 3.63) is 22.3 Å². The van der Waals surface area contributed by atoms with E-state index in [-0.39, 0.29) is 0 Å². The number of hydrogen-bond acceptors (Lipinski definition) is 4. The van der Waals surface area contributed by atoms with Gasteiger partial charge in [-0.1, -0.05) is 11.6 Å². The molecule has 0 spiro atoms. The molecular formula is C12H12ClN3O2. The topological polar surface area (TPSA) is 77.2 Å². The second-order valence-corrected chi connectivity index (χ2v) is 4.64. The summed E-state index contributed by atoms with van der Waals surface area (Å²) in [5.74, 6) is -0.412. The highest BCUT2D eigenvalue weighted by molar-refractivity contribution is 6.33. The van der Waals surface area contributed by atoms with Crippen molar-refractivity contribution in [1.29, 1.82) is 5.26 Å². The van der Waals surface area contributed by atoms with Crippen molar-refractivity contribution in [3.8, 4) is 6.07 Å². The lowest BCUT2D eigenvalue weighted by Crippen LogP contribution is -2.36. The molecule has 0 bridgehead atoms. The van der Waals surface area contributed by atoms with Crippen LogP contribution in [0.15, 0.2) is 6.07 Å². The number of carboxylic acid groups (broad SMARTS) is 1. The minimum Gasteiger partial charge on any atom is -0.480 e. The van der Waals surface area contributed by atoms with Crippen LogP contribution in [0.2, 0.25) is 5.02 Å². The molecule has 1 fully saturated rings. The molecule has 6 heteroatoms. The van der Waals surface area contributed by atoms with Gasteiger partial charge in [-0.15, -0.1) is 0 Å². The molecule has 1 atom stereocenters. The minimum atomic E-state index is -0.868. The Kier molecular flexibility index (Phi) is 3.39. The third-order valence-corrected chi connectivity index (χ3v) is 3.36. The van der Waals surface area contributed by atoms with E-state index in [1.54, 1.807) is 11.8 Å². The van der Waals surface area contributed by atoms with Gasteiger partial charge in [0.15, 0.2) is 0 Å². The van der Waals surface area contributed by atoms with Gasteiger partial charge >= 0.3 is 5.97 Å². The third kappa shape index (κ3) is 2.12. The van der Waals surface area contributed by atoms with E-state index in [1.807, 2.05) is 6.07 Å². The number of anilines is 1. The quantitative estimate of drug-likeness (QED) is 0.885. The molecular weight excluding hydrogens is 254 g/mol. The smallest absolute Gasteiger partial charge is 0.326 e. The van der Waals surface area contributed by atoms with Crippen LogP contribution in [0.5, 0.6) is 0 Å². The Bertz CT molecular complexity index is 539. The number of aliphatic carboxylic acids is 1. The van der Waals surface area contributed by atoms with Crippen LogP contribution in [-0.4, -0.2) is 28.6 Å². The molecule has 1 saturated heterocycles. The van der Waals surface area contributed by atoms with Gasteiger partial charge in [-0.2, -0.15) is 5.26 Å². The summed E-state index contributed by atoms with van der Waals surface area (Å²) in [5.41, 5.74) is 0.975. The van der Waals surface area contributed by atoms with Gasteiger partial charge in [0.1, 0.15) is 17.9 Å². The van der Waals surface area contributed by atoms with Gasteiger partial charge in [0.2, 0.25) is 0 Å². The van der Waals surface area contributed by atoms with Crippen LogP contribution in [-0.2, 0) is 4.79 Å². The summed E-state index contributed by atoms with van der Waals surface area (Å²) in [4.78, 5) is 17.1. The lowest BCUT2D eigenvalue weighted by atomic mass is 10.2. The molecule has 5 nitrogen and oxygen atoms in total. The maximum Gasteiger partial charge on any atom is 0.326 e. The fourth-order valence-corrected chi connectivity index (χ4v) is 2.42. The molecule has 0 amide bonds. The molecule has 1 aliphatic rings. The first-order valence-electron chi connectivity index (χ1n) is 5.61. The number of pyridine rings is 1. The van der Waals surface area contributed by atoms with E-state index in [2.05, 4.69) is 4.98 Å². The minimum absolute atomic E-state index is 0.324. The van der Waals surface area contributed by atoms with E-state index >= 15 is 0 Å². The van der Waals surface area contributed by atoms with Gasteiger partial charge in [-0.05, 0) is 25.8 Å². The van der Waals surface area contributed by atoms with Gasteiger partial charge in [0.05, 0.1) is 16.3 Å². The number of hydrogen-bond donors (Lipinski definition) is 1. The van der Waals surface area contributed by atoms with Crippen LogP contribution in [0.25, 0.3) is 0 Å². The van der Waals surface area contributed by atoms with Gasteiger partial charge in [-0.3, -0.25) is 0 Å². The van der Waals surface area contributed by atoms with Crippen LogP contribution in [0.4, 0.5) is 5.82 Å². The van der Waals surface area contributed by atoms with Crippen molar-refractivity contribution in [1.82, 2.24) is 4.98 Å². The molecule has 0 aromatic carbocycles. The van der Waals surface area contributed by atoms with Crippen LogP contribution >= 0.6 is 11.6 Å². The molecule has 1 aromatic rings. The van der Waals surface area contributed by atoms with Gasteiger partial charge in [0, 0.05) is 6.54 Å². The number of carboxylic acids is 1. The molecule has 2 heterocycles. The van der Waals surface area contributed by atoms with Gasteiger partial charge in [-0.25, -0.2) is 9.78 Å². The molecule has 0 radical (unpaired) electrons. The average molecular weight is 266 g/mol. The lowest BCUT2D eigenvalue weighted by molar-refractivity contribution is -0.138. The first kappa shape index (κ1) is 12.7. The lowest BCUT2D eigenvalue weighted by Gasteiger charge is -2.23. The highest BCUT2D eigenvalue weighted by Gasteiger charge is 2.32. The summed E-state index contributed by atoms with van der Waals surface area (Å²) in [6.07, 6.45) is 1.39. The van der Waals surface area contributed by atoms with E-state index in [1.165, 1.54) is 6.07 Å². The Morgan fingerprint density at radius 1 is 1.72 bits per heavy atom. The number of aryl methyl sites for hydroxylation is 1. The number of nitriles is 1. The van der Waals surface area contributed by atoms with E-state index in [0.29, 0.717) is 35.1 Å². The Morgan fingerprint density at radius 2 is 2.44 bits per heavy atom. The number of aromatic nitrogens is 1. The van der Waals surface area contributed by atoms with Crippen LogP contribution in [0.1, 0.15) is 24.1 Å². The van der Waals surface area contributed by atoms with Crippen LogP contribution in [0, 0.1) is 18.3 Å². The summed E-state index contributed by atoms with van der Waals surface area (Å²) in [6, 6.07) is 2.96. The van der Waals surface area contributed by atoms with Gasteiger partial charge < -0.3 is 10.0 Å². The number of nitrogens with zero attached hydrogens (tertiary/aromatic N) is 3. The number of halogens is 1. The third-order valence-electron chi connectivity index (χ3n) is 3.08. The normalized spacial score (nSPS) is 18.7. The zero-order valence-electron chi connectivity index (χ0n) is 9.85. The van der Waals surface area contributed by atoms with Crippen molar-refractivity contribution < 1.29 is 9.90 Å². The summed E-state index contributed by atoms with van der Waals surface area (Å²) in [7, 11) is 0. The molecule has 1 aliphatic heterocycles.